The van der Waals surface area contributed by atoms with Gasteiger partial charge in [0.05, 0.1) is 4.92 Å². The molecule has 1 aromatic rings. The Morgan fingerprint density at radius 2 is 2.19 bits per heavy atom. The summed E-state index contributed by atoms with van der Waals surface area (Å²) in [6, 6.07) is 2.67. The molecular weight excluding hydrogens is 234 g/mol. The molecule has 0 fully saturated rings. The van der Waals surface area contributed by atoms with E-state index in [4.69, 9.17) is 16.3 Å². The molecule has 6 heteroatoms. The van der Waals surface area contributed by atoms with Crippen LogP contribution in [0.5, 0.6) is 5.75 Å². The van der Waals surface area contributed by atoms with Gasteiger partial charge in [0.15, 0.2) is 0 Å². The van der Waals surface area contributed by atoms with Gasteiger partial charge in [0.25, 0.3) is 0 Å². The summed E-state index contributed by atoms with van der Waals surface area (Å²) < 4.78 is 4.90. The summed E-state index contributed by atoms with van der Waals surface area (Å²) in [6.45, 7) is 3.20. The Morgan fingerprint density at radius 1 is 1.56 bits per heavy atom. The number of nitro groups is 1. The molecule has 0 aliphatic heterocycles. The van der Waals surface area contributed by atoms with Crippen LogP contribution in [0.15, 0.2) is 12.1 Å². The predicted octanol–water partition coefficient (Wildman–Crippen LogP) is 2.87. The van der Waals surface area contributed by atoms with Gasteiger partial charge >= 0.3 is 11.7 Å². The van der Waals surface area contributed by atoms with Crippen LogP contribution in [-0.4, -0.2) is 10.9 Å². The van der Waals surface area contributed by atoms with Crippen LogP contribution in [0.1, 0.15) is 18.9 Å². The van der Waals surface area contributed by atoms with Crippen molar-refractivity contribution >= 4 is 23.3 Å². The third-order valence-electron chi connectivity index (χ3n) is 1.92. The Morgan fingerprint density at radius 3 is 2.69 bits per heavy atom. The summed E-state index contributed by atoms with van der Waals surface area (Å²) in [6.07, 6.45) is 0.152. The van der Waals surface area contributed by atoms with Crippen molar-refractivity contribution in [3.05, 3.63) is 32.8 Å². The first kappa shape index (κ1) is 12.4. The molecule has 0 saturated heterocycles. The molecule has 0 saturated carbocycles. The molecule has 0 radical (unpaired) electrons. The second-order valence-electron chi connectivity index (χ2n) is 3.16. The summed E-state index contributed by atoms with van der Waals surface area (Å²) in [7, 11) is 0. The number of nitrogens with zero attached hydrogens (tertiary/aromatic N) is 1. The number of carbonyl (C=O) groups excluding carboxylic acids is 1. The van der Waals surface area contributed by atoms with Crippen molar-refractivity contribution in [3.63, 3.8) is 0 Å². The highest BCUT2D eigenvalue weighted by molar-refractivity contribution is 6.31. The maximum atomic E-state index is 11.1. The number of nitro benzene ring substituents is 1. The Bertz CT molecular complexity index is 445. The van der Waals surface area contributed by atoms with Gasteiger partial charge in [-0.25, -0.2) is 0 Å². The quantitative estimate of drug-likeness (QED) is 0.354. The number of benzene rings is 1. The minimum Gasteiger partial charge on any atom is -0.419 e. The monoisotopic (exact) mass is 243 g/mol. The third-order valence-corrected chi connectivity index (χ3v) is 2.14. The SMILES string of the molecule is CCC(=O)Oc1c(C)cc(Cl)cc1[N+](=O)[O-]. The van der Waals surface area contributed by atoms with Gasteiger partial charge in [0.2, 0.25) is 5.75 Å². The van der Waals surface area contributed by atoms with Crippen LogP contribution >= 0.6 is 11.6 Å². The fourth-order valence-corrected chi connectivity index (χ4v) is 1.43. The van der Waals surface area contributed by atoms with Gasteiger partial charge in [-0.15, -0.1) is 0 Å². The first-order valence-corrected chi connectivity index (χ1v) is 4.98. The highest BCUT2D eigenvalue weighted by atomic mass is 35.5. The normalized spacial score (nSPS) is 9.94. The van der Waals surface area contributed by atoms with Crippen molar-refractivity contribution < 1.29 is 14.5 Å². The maximum Gasteiger partial charge on any atom is 0.313 e. The van der Waals surface area contributed by atoms with E-state index in [0.29, 0.717) is 5.56 Å². The molecule has 5 nitrogen and oxygen atoms in total. The van der Waals surface area contributed by atoms with Gasteiger partial charge in [-0.1, -0.05) is 18.5 Å². The Hall–Kier alpha value is -1.62. The summed E-state index contributed by atoms with van der Waals surface area (Å²) in [5.74, 6) is -0.560. The minimum atomic E-state index is -0.628. The smallest absolute Gasteiger partial charge is 0.313 e. The van der Waals surface area contributed by atoms with Crippen molar-refractivity contribution in [1.29, 1.82) is 0 Å². The second kappa shape index (κ2) is 4.94. The van der Waals surface area contributed by atoms with Crippen LogP contribution in [-0.2, 0) is 4.79 Å². The Balaban J connectivity index is 3.24. The van der Waals surface area contributed by atoms with E-state index in [1.807, 2.05) is 0 Å². The number of aryl methyl sites for hydroxylation is 1. The van der Waals surface area contributed by atoms with Crippen LogP contribution in [0, 0.1) is 17.0 Å². The van der Waals surface area contributed by atoms with Gasteiger partial charge in [-0.3, -0.25) is 14.9 Å². The number of halogens is 1. The van der Waals surface area contributed by atoms with Crippen molar-refractivity contribution in [3.8, 4) is 5.75 Å². The first-order chi connectivity index (χ1) is 7.45. The lowest BCUT2D eigenvalue weighted by Gasteiger charge is -2.07. The topological polar surface area (TPSA) is 69.4 Å². The van der Waals surface area contributed by atoms with Crippen molar-refractivity contribution in [1.82, 2.24) is 0 Å². The molecule has 86 valence electrons. The number of carbonyl (C=O) groups is 1. The molecule has 1 aromatic carbocycles. The lowest BCUT2D eigenvalue weighted by atomic mass is 10.2. The summed E-state index contributed by atoms with van der Waals surface area (Å²) in [5.41, 5.74) is 0.160. The molecule has 1 rings (SSSR count). The average molecular weight is 244 g/mol. The van der Waals surface area contributed by atoms with Crippen LogP contribution in [0.3, 0.4) is 0 Å². The lowest BCUT2D eigenvalue weighted by Crippen LogP contribution is -2.08. The van der Waals surface area contributed by atoms with Crippen molar-refractivity contribution in [2.75, 3.05) is 0 Å². The van der Waals surface area contributed by atoms with E-state index in [1.54, 1.807) is 13.8 Å². The zero-order valence-corrected chi connectivity index (χ0v) is 9.58. The van der Waals surface area contributed by atoms with E-state index in [-0.39, 0.29) is 22.9 Å². The number of rotatable bonds is 3. The Labute approximate surface area is 97.1 Å². The van der Waals surface area contributed by atoms with Gasteiger partial charge in [-0.05, 0) is 13.0 Å². The van der Waals surface area contributed by atoms with Gasteiger partial charge < -0.3 is 4.74 Å². The predicted molar refractivity (Wildman–Crippen MR) is 58.8 cm³/mol. The fraction of sp³-hybridized carbons (Fsp3) is 0.300. The second-order valence-corrected chi connectivity index (χ2v) is 3.59. The van der Waals surface area contributed by atoms with Gasteiger partial charge in [0, 0.05) is 23.1 Å². The standard InChI is InChI=1S/C10H10ClNO4/c1-3-9(13)16-10-6(2)4-7(11)5-8(10)12(14)15/h4-5H,3H2,1-2H3. The lowest BCUT2D eigenvalue weighted by molar-refractivity contribution is -0.385. The van der Waals surface area contributed by atoms with Crippen LogP contribution in [0.25, 0.3) is 0 Å². The highest BCUT2D eigenvalue weighted by Crippen LogP contribution is 2.34. The third kappa shape index (κ3) is 2.70. The first-order valence-electron chi connectivity index (χ1n) is 4.61. The van der Waals surface area contributed by atoms with E-state index in [1.165, 1.54) is 6.07 Å². The number of hydrogen-bond donors (Lipinski definition) is 0. The van der Waals surface area contributed by atoms with E-state index in [9.17, 15) is 14.9 Å². The number of esters is 1. The van der Waals surface area contributed by atoms with Gasteiger partial charge in [-0.2, -0.15) is 0 Å². The molecule has 0 amide bonds. The maximum absolute atomic E-state index is 11.1. The summed E-state index contributed by atoms with van der Waals surface area (Å²) >= 11 is 5.69. The number of hydrogen-bond acceptors (Lipinski definition) is 4. The van der Waals surface area contributed by atoms with Crippen LogP contribution < -0.4 is 4.74 Å². The van der Waals surface area contributed by atoms with E-state index >= 15 is 0 Å². The molecule has 0 aromatic heterocycles. The van der Waals surface area contributed by atoms with Gasteiger partial charge in [0.1, 0.15) is 0 Å². The minimum absolute atomic E-state index is 0.0405. The molecule has 0 spiro atoms. The molecule has 0 unspecified atom stereocenters. The zero-order valence-electron chi connectivity index (χ0n) is 8.82. The summed E-state index contributed by atoms with van der Waals surface area (Å²) in [4.78, 5) is 21.2. The fourth-order valence-electron chi connectivity index (χ4n) is 1.17. The molecular formula is C10H10ClNO4. The van der Waals surface area contributed by atoms with Crippen molar-refractivity contribution in [2.24, 2.45) is 0 Å². The molecule has 0 aliphatic rings. The molecule has 0 N–H and O–H groups in total. The molecule has 16 heavy (non-hydrogen) atoms. The number of ether oxygens (including phenoxy) is 1. The molecule has 0 aliphatic carbocycles. The van der Waals surface area contributed by atoms with E-state index in [0.717, 1.165) is 6.07 Å². The Kier molecular flexibility index (Phi) is 3.84. The van der Waals surface area contributed by atoms with Crippen LogP contribution in [0.2, 0.25) is 5.02 Å². The van der Waals surface area contributed by atoms with E-state index in [2.05, 4.69) is 0 Å². The van der Waals surface area contributed by atoms with Crippen LogP contribution in [0.4, 0.5) is 5.69 Å². The largest absolute Gasteiger partial charge is 0.419 e. The molecule has 0 bridgehead atoms. The van der Waals surface area contributed by atoms with E-state index < -0.39 is 10.9 Å². The molecule has 0 heterocycles. The van der Waals surface area contributed by atoms with Crippen molar-refractivity contribution in [2.45, 2.75) is 20.3 Å². The molecule has 0 atom stereocenters. The average Bonchev–Trinajstić information content (AvgIpc) is 2.20. The zero-order chi connectivity index (χ0) is 12.3. The summed E-state index contributed by atoms with van der Waals surface area (Å²) in [5, 5.41) is 11.0. The highest BCUT2D eigenvalue weighted by Gasteiger charge is 2.20.